The van der Waals surface area contributed by atoms with Gasteiger partial charge in [-0.2, -0.15) is 0 Å². The molecule has 0 saturated carbocycles. The highest BCUT2D eigenvalue weighted by Crippen LogP contribution is 2.22. The average Bonchev–Trinajstić information content (AvgIpc) is 2.62. The highest BCUT2D eigenvalue weighted by molar-refractivity contribution is 6.30. The summed E-state index contributed by atoms with van der Waals surface area (Å²) in [6.07, 6.45) is 0. The molecule has 2 N–H and O–H groups in total. The molecule has 0 aromatic heterocycles. The fraction of sp³-hybridized carbons (Fsp3) is 0.300. The molecule has 0 aliphatic rings. The number of hydrogen-bond donors (Lipinski definition) is 2. The van der Waals surface area contributed by atoms with Crippen molar-refractivity contribution in [3.05, 3.63) is 70.7 Å². The van der Waals surface area contributed by atoms with Crippen LogP contribution in [-0.4, -0.2) is 18.4 Å². The van der Waals surface area contributed by atoms with Crippen LogP contribution in [0, 0.1) is 0 Å². The predicted octanol–water partition coefficient (Wildman–Crippen LogP) is 3.54. The molecule has 0 fully saturated rings. The van der Waals surface area contributed by atoms with Crippen LogP contribution in [0.5, 0.6) is 0 Å². The van der Waals surface area contributed by atoms with E-state index in [0.29, 0.717) is 5.02 Å². The zero-order valence-electron chi connectivity index (χ0n) is 15.1. The topological polar surface area (TPSA) is 67.4 Å². The summed E-state index contributed by atoms with van der Waals surface area (Å²) in [5, 5.41) is 3.44. The fourth-order valence-electron chi connectivity index (χ4n) is 2.40. The largest absolute Gasteiger partial charge is 0.347 e. The molecule has 2 rings (SSSR count). The Balaban J connectivity index is 1.80. The number of nitrogens with one attached hydrogen (secondary N) is 2. The third-order valence-corrected chi connectivity index (χ3v) is 4.43. The van der Waals surface area contributed by atoms with Gasteiger partial charge in [0.2, 0.25) is 5.91 Å². The van der Waals surface area contributed by atoms with Crippen LogP contribution in [0.1, 0.15) is 37.9 Å². The molecule has 0 aliphatic carbocycles. The number of rotatable bonds is 7. The van der Waals surface area contributed by atoms with Gasteiger partial charge in [-0.3, -0.25) is 14.4 Å². The second-order valence-corrected chi connectivity index (χ2v) is 6.99. The van der Waals surface area contributed by atoms with Crippen molar-refractivity contribution in [3.8, 4) is 0 Å². The lowest BCUT2D eigenvalue weighted by atomic mass is 9.84. The predicted molar refractivity (Wildman–Crippen MR) is 102 cm³/mol. The minimum Gasteiger partial charge on any atom is -0.347 e. The lowest BCUT2D eigenvalue weighted by molar-refractivity contribution is -0.143. The van der Waals surface area contributed by atoms with Crippen LogP contribution < -0.4 is 10.8 Å². The summed E-state index contributed by atoms with van der Waals surface area (Å²) in [5.41, 5.74) is 3.38. The smallest absolute Gasteiger partial charge is 0.253 e. The minimum atomic E-state index is -0.770. The summed E-state index contributed by atoms with van der Waals surface area (Å²) in [6.45, 7) is 5.18. The van der Waals surface area contributed by atoms with E-state index < -0.39 is 5.41 Å². The van der Waals surface area contributed by atoms with E-state index in [2.05, 4.69) is 10.8 Å². The maximum Gasteiger partial charge on any atom is 0.253 e. The Hall–Kier alpha value is -2.37. The minimum absolute atomic E-state index is 0.195. The summed E-state index contributed by atoms with van der Waals surface area (Å²) >= 11 is 5.85. The van der Waals surface area contributed by atoms with Crippen LogP contribution in [0.3, 0.4) is 0 Å². The molecule has 0 spiro atoms. The van der Waals surface area contributed by atoms with E-state index in [9.17, 15) is 9.59 Å². The molecule has 1 unspecified atom stereocenters. The highest BCUT2D eigenvalue weighted by atomic mass is 35.5. The summed E-state index contributed by atoms with van der Waals surface area (Å²) < 4.78 is 0. The molecule has 5 nitrogen and oxygen atoms in total. The molecule has 0 bridgehead atoms. The zero-order valence-corrected chi connectivity index (χ0v) is 15.8. The van der Waals surface area contributed by atoms with Crippen LogP contribution in [0.15, 0.2) is 54.6 Å². The molecule has 138 valence electrons. The summed E-state index contributed by atoms with van der Waals surface area (Å²) in [4.78, 5) is 29.4. The standard InChI is InChI=1S/C20H23ClN2O3/c1-14(15-9-11-17(21)12-10-15)22-18(24)13-26-23-19(25)20(2,3)16-7-5-4-6-8-16/h4-12,14H,13H2,1-3H3,(H,22,24)(H,23,25). The fourth-order valence-corrected chi connectivity index (χ4v) is 2.52. The molecule has 0 saturated heterocycles. The first-order chi connectivity index (χ1) is 12.3. The van der Waals surface area contributed by atoms with Gasteiger partial charge in [-0.05, 0) is 44.0 Å². The Morgan fingerprint density at radius 2 is 1.69 bits per heavy atom. The van der Waals surface area contributed by atoms with E-state index in [-0.39, 0.29) is 24.5 Å². The summed E-state index contributed by atoms with van der Waals surface area (Å²) in [5.74, 6) is -0.646. The Kier molecular flexibility index (Phi) is 6.77. The van der Waals surface area contributed by atoms with Gasteiger partial charge in [0, 0.05) is 5.02 Å². The van der Waals surface area contributed by atoms with Crippen molar-refractivity contribution in [2.75, 3.05) is 6.61 Å². The number of hydroxylamine groups is 1. The van der Waals surface area contributed by atoms with E-state index >= 15 is 0 Å². The van der Waals surface area contributed by atoms with Crippen LogP contribution >= 0.6 is 11.6 Å². The van der Waals surface area contributed by atoms with E-state index in [0.717, 1.165) is 11.1 Å². The molecule has 0 radical (unpaired) electrons. The second-order valence-electron chi connectivity index (χ2n) is 6.55. The molecule has 2 aromatic rings. The van der Waals surface area contributed by atoms with Crippen LogP contribution in [0.4, 0.5) is 0 Å². The van der Waals surface area contributed by atoms with Gasteiger partial charge in [0.15, 0.2) is 6.61 Å². The van der Waals surface area contributed by atoms with E-state index in [1.807, 2.05) is 49.4 Å². The molecular weight excluding hydrogens is 352 g/mol. The lowest BCUT2D eigenvalue weighted by Gasteiger charge is -2.23. The van der Waals surface area contributed by atoms with Crippen molar-refractivity contribution < 1.29 is 14.4 Å². The van der Waals surface area contributed by atoms with Gasteiger partial charge >= 0.3 is 0 Å². The van der Waals surface area contributed by atoms with Gasteiger partial charge in [0.05, 0.1) is 11.5 Å². The lowest BCUT2D eigenvalue weighted by Crippen LogP contribution is -2.42. The first-order valence-electron chi connectivity index (χ1n) is 8.33. The summed E-state index contributed by atoms with van der Waals surface area (Å²) in [6, 6.07) is 16.4. The van der Waals surface area contributed by atoms with Gasteiger partial charge in [-0.15, -0.1) is 0 Å². The van der Waals surface area contributed by atoms with Crippen LogP contribution in [0.2, 0.25) is 5.02 Å². The highest BCUT2D eigenvalue weighted by Gasteiger charge is 2.29. The summed E-state index contributed by atoms with van der Waals surface area (Å²) in [7, 11) is 0. The molecule has 1 atom stereocenters. The first-order valence-corrected chi connectivity index (χ1v) is 8.71. The molecule has 0 aliphatic heterocycles. The maximum absolute atomic E-state index is 12.3. The third kappa shape index (κ3) is 5.31. The SMILES string of the molecule is CC(NC(=O)CONC(=O)C(C)(C)c1ccccc1)c1ccc(Cl)cc1. The number of carbonyl (C=O) groups excluding carboxylic acids is 2. The van der Waals surface area contributed by atoms with Gasteiger partial charge in [-0.25, -0.2) is 5.48 Å². The molecular formula is C20H23ClN2O3. The Labute approximate surface area is 158 Å². The molecule has 2 aromatic carbocycles. The Morgan fingerprint density at radius 3 is 2.31 bits per heavy atom. The van der Waals surface area contributed by atoms with Gasteiger partial charge in [0.1, 0.15) is 0 Å². The van der Waals surface area contributed by atoms with E-state index in [1.165, 1.54) is 0 Å². The van der Waals surface area contributed by atoms with Crippen molar-refractivity contribution in [3.63, 3.8) is 0 Å². The Morgan fingerprint density at radius 1 is 1.08 bits per heavy atom. The number of carbonyl (C=O) groups is 2. The van der Waals surface area contributed by atoms with Gasteiger partial charge in [-0.1, -0.05) is 54.1 Å². The van der Waals surface area contributed by atoms with Crippen molar-refractivity contribution in [1.29, 1.82) is 0 Å². The monoisotopic (exact) mass is 374 g/mol. The van der Waals surface area contributed by atoms with Crippen molar-refractivity contribution in [2.45, 2.75) is 32.2 Å². The van der Waals surface area contributed by atoms with Crippen molar-refractivity contribution >= 4 is 23.4 Å². The third-order valence-electron chi connectivity index (χ3n) is 4.18. The van der Waals surface area contributed by atoms with Gasteiger partial charge < -0.3 is 5.32 Å². The molecule has 6 heteroatoms. The van der Waals surface area contributed by atoms with Gasteiger partial charge in [0.25, 0.3) is 5.91 Å². The van der Waals surface area contributed by atoms with E-state index in [4.69, 9.17) is 16.4 Å². The first kappa shape index (κ1) is 19.9. The second kappa shape index (κ2) is 8.83. The maximum atomic E-state index is 12.3. The Bertz CT molecular complexity index is 745. The van der Waals surface area contributed by atoms with E-state index in [1.54, 1.807) is 26.0 Å². The number of benzene rings is 2. The van der Waals surface area contributed by atoms with Crippen molar-refractivity contribution in [1.82, 2.24) is 10.8 Å². The molecule has 26 heavy (non-hydrogen) atoms. The molecule has 0 heterocycles. The normalized spacial score (nSPS) is 12.3. The number of amides is 2. The van der Waals surface area contributed by atoms with Crippen LogP contribution in [-0.2, 0) is 19.8 Å². The van der Waals surface area contributed by atoms with Crippen LogP contribution in [0.25, 0.3) is 0 Å². The average molecular weight is 375 g/mol. The quantitative estimate of drug-likeness (QED) is 0.728. The number of halogens is 1. The zero-order chi connectivity index (χ0) is 19.2. The number of hydrogen-bond acceptors (Lipinski definition) is 3. The molecule has 2 amide bonds. The van der Waals surface area contributed by atoms with Crippen molar-refractivity contribution in [2.24, 2.45) is 0 Å².